The van der Waals surface area contributed by atoms with Crippen molar-refractivity contribution in [1.29, 1.82) is 0 Å². The van der Waals surface area contributed by atoms with Crippen LogP contribution in [0.15, 0.2) is 84.9 Å². The predicted octanol–water partition coefficient (Wildman–Crippen LogP) is 6.99. The Labute approximate surface area is 499 Å². The van der Waals surface area contributed by atoms with Gasteiger partial charge in [-0.3, -0.25) is 29.0 Å². The minimum absolute atomic E-state index is 0.00706. The number of nitrogens with zero attached hydrogens (tertiary/aromatic N) is 9. The number of aromatic nitrogens is 3. The number of nitrogens with one attached hydrogen (secondary N) is 2. The Morgan fingerprint density at radius 1 is 0.893 bits per heavy atom. The summed E-state index contributed by atoms with van der Waals surface area (Å²) in [6.07, 6.45) is 2.33. The van der Waals surface area contributed by atoms with Crippen molar-refractivity contribution in [2.24, 2.45) is 11.3 Å². The predicted molar refractivity (Wildman–Crippen MR) is 326 cm³/mol. The maximum absolute atomic E-state index is 17.4. The van der Waals surface area contributed by atoms with Crippen molar-refractivity contribution in [3.8, 4) is 27.3 Å². The van der Waals surface area contributed by atoms with E-state index in [0.29, 0.717) is 66.6 Å². The van der Waals surface area contributed by atoms with Gasteiger partial charge in [0.05, 0.1) is 52.3 Å². The van der Waals surface area contributed by atoms with Crippen LogP contribution in [-0.2, 0) is 19.2 Å². The Morgan fingerprint density at radius 2 is 1.60 bits per heavy atom. The molecule has 0 radical (unpaired) electrons. The Bertz CT molecular complexity index is 3390. The molecule has 6 aromatic rings. The first-order chi connectivity index (χ1) is 40.3. The van der Waals surface area contributed by atoms with Gasteiger partial charge in [0.2, 0.25) is 23.6 Å². The standard InChI is InChI=1S/C63H77ClFN11O7S/c1-7-53(81)74-24-26-75(27-25-74)60-49-31-50(64)54(48-29-45(78)28-43-10-8-9-11-47(43)48)55(65)56(49)69-59(70-60)44(36-77)33-73-22-20-72(21-23-73)32-40-16-18-71(19-17-40)35-52(80)68-58(63(4,5)6)62(83)76-34-46(79)30-51(76)61(82)67-38(2)41-12-14-42(15-13-41)57-39(3)66-37-84-57/h7-15,28-29,31,37-38,40,44,46,51,58,77-79H,1,16-27,30,32-36H2,2-6H3,(H,67,82)(H,68,80)/t38-,44-,46?,51?,58+/m0/s1. The van der Waals surface area contributed by atoms with Gasteiger partial charge in [-0.05, 0) is 103 Å². The molecule has 0 spiro atoms. The topological polar surface area (TPSA) is 211 Å². The second kappa shape index (κ2) is 25.9. The molecule has 0 saturated carbocycles. The molecule has 18 nitrogen and oxygen atoms in total. The number of likely N-dealkylation sites (tertiary alicyclic amines) is 2. The number of amides is 4. The molecule has 4 fully saturated rings. The Kier molecular flexibility index (Phi) is 18.7. The van der Waals surface area contributed by atoms with Crippen molar-refractivity contribution in [3.05, 3.63) is 113 Å². The van der Waals surface area contributed by atoms with Crippen LogP contribution in [0.2, 0.25) is 5.02 Å². The molecule has 4 aliphatic rings. The Hall–Kier alpha value is -6.65. The van der Waals surface area contributed by atoms with Crippen LogP contribution in [-0.4, -0.2) is 195 Å². The van der Waals surface area contributed by atoms with E-state index in [4.69, 9.17) is 21.6 Å². The maximum Gasteiger partial charge on any atom is 0.246 e. The zero-order chi connectivity index (χ0) is 59.6. The van der Waals surface area contributed by atoms with E-state index in [2.05, 4.69) is 36.9 Å². The number of piperazine rings is 2. The van der Waals surface area contributed by atoms with Gasteiger partial charge in [0, 0.05) is 89.4 Å². The number of fused-ring (bicyclic) bond motifs is 2. The van der Waals surface area contributed by atoms with Crippen molar-refractivity contribution in [1.82, 2.24) is 50.1 Å². The number of thiazole rings is 1. The number of piperidine rings is 1. The summed E-state index contributed by atoms with van der Waals surface area (Å²) < 4.78 is 17.4. The number of aliphatic hydroxyl groups is 2. The van der Waals surface area contributed by atoms with Crippen LogP contribution in [0.3, 0.4) is 0 Å². The molecule has 4 aromatic carbocycles. The van der Waals surface area contributed by atoms with Gasteiger partial charge in [-0.1, -0.05) is 87.5 Å². The van der Waals surface area contributed by atoms with E-state index < -0.39 is 41.2 Å². The number of β-amino-alcohol motifs (C(OH)–C–C–N with tert-alkyl or cyclic N) is 1. The first-order valence-corrected chi connectivity index (χ1v) is 30.5. The summed E-state index contributed by atoms with van der Waals surface area (Å²) in [5, 5.41) is 40.6. The number of phenolic OH excluding ortho intramolecular Hbond substituents is 1. The summed E-state index contributed by atoms with van der Waals surface area (Å²) in [5.41, 5.74) is 4.62. The lowest BCUT2D eigenvalue weighted by atomic mass is 9.85. The van der Waals surface area contributed by atoms with Crippen LogP contribution in [0.5, 0.6) is 5.75 Å². The van der Waals surface area contributed by atoms with Crippen molar-refractivity contribution in [3.63, 3.8) is 0 Å². The number of aliphatic hydroxyl groups excluding tert-OH is 2. The molecule has 5 N–H and O–H groups in total. The second-order valence-electron chi connectivity index (χ2n) is 24.2. The third kappa shape index (κ3) is 13.4. The van der Waals surface area contributed by atoms with E-state index >= 15 is 4.39 Å². The minimum Gasteiger partial charge on any atom is -0.508 e. The van der Waals surface area contributed by atoms with Gasteiger partial charge in [0.15, 0.2) is 5.82 Å². The average molecular weight is 1190 g/mol. The molecular weight excluding hydrogens is 1110 g/mol. The SMILES string of the molecule is C=CC(=O)N1CCN(c2nc([C@H](CO)CN3CCN(CC4CCN(CC(=O)N[C@H](C(=O)N5CC(O)CC5C(=O)N[C@@H](C)c5ccc(-c6scnc6C)cc5)C(C)(C)C)CC4)CC3)nc3c(F)c(-c4cc(O)cc5ccccc45)c(Cl)cc23)CC1. The number of rotatable bonds is 17. The summed E-state index contributed by atoms with van der Waals surface area (Å²) in [5.74, 6) is -1.24. The van der Waals surface area contributed by atoms with Gasteiger partial charge in [0.1, 0.15) is 35.0 Å². The Morgan fingerprint density at radius 3 is 2.26 bits per heavy atom. The summed E-state index contributed by atoms with van der Waals surface area (Å²) in [4.78, 5) is 82.0. The number of phenols is 1. The van der Waals surface area contributed by atoms with Crippen molar-refractivity contribution in [2.45, 2.75) is 84.0 Å². The number of halogens is 2. The number of hydrogen-bond acceptors (Lipinski definition) is 15. The number of hydrogen-bond donors (Lipinski definition) is 5. The molecule has 6 heterocycles. The molecule has 10 rings (SSSR count). The van der Waals surface area contributed by atoms with E-state index in [0.717, 1.165) is 85.7 Å². The number of carbonyl (C=O) groups excluding carboxylic acids is 4. The number of aromatic hydroxyl groups is 1. The van der Waals surface area contributed by atoms with Crippen molar-refractivity contribution in [2.75, 3.05) is 103 Å². The van der Waals surface area contributed by atoms with Gasteiger partial charge >= 0.3 is 0 Å². The van der Waals surface area contributed by atoms with Gasteiger partial charge in [0.25, 0.3) is 0 Å². The number of benzene rings is 4. The van der Waals surface area contributed by atoms with Crippen LogP contribution >= 0.6 is 22.9 Å². The molecule has 0 bridgehead atoms. The second-order valence-corrected chi connectivity index (χ2v) is 25.4. The molecule has 446 valence electrons. The fourth-order valence-electron chi connectivity index (χ4n) is 12.4. The smallest absolute Gasteiger partial charge is 0.246 e. The van der Waals surface area contributed by atoms with Crippen LogP contribution in [0.25, 0.3) is 43.2 Å². The summed E-state index contributed by atoms with van der Waals surface area (Å²) >= 11 is 8.57. The van der Waals surface area contributed by atoms with E-state index in [1.165, 1.54) is 17.0 Å². The van der Waals surface area contributed by atoms with E-state index in [-0.39, 0.29) is 71.7 Å². The van der Waals surface area contributed by atoms with E-state index in [1.54, 1.807) is 28.4 Å². The lowest BCUT2D eigenvalue weighted by molar-refractivity contribution is -0.144. The average Bonchev–Trinajstić information content (AvgIpc) is 1.16. The molecule has 21 heteroatoms. The lowest BCUT2D eigenvalue weighted by Gasteiger charge is -2.39. The Balaban J connectivity index is 0.733. The van der Waals surface area contributed by atoms with Crippen LogP contribution in [0, 0.1) is 24.1 Å². The normalized spacial score (nSPS) is 19.8. The molecule has 4 amide bonds. The van der Waals surface area contributed by atoms with Gasteiger partial charge in [-0.15, -0.1) is 11.3 Å². The van der Waals surface area contributed by atoms with Crippen LogP contribution in [0.4, 0.5) is 10.2 Å². The number of anilines is 1. The lowest BCUT2D eigenvalue weighted by Crippen LogP contribution is -2.59. The first-order valence-electron chi connectivity index (χ1n) is 29.2. The van der Waals surface area contributed by atoms with Gasteiger partial charge in [-0.2, -0.15) is 0 Å². The summed E-state index contributed by atoms with van der Waals surface area (Å²) in [6.45, 7) is 20.6. The number of aryl methyl sites for hydroxylation is 1. The fraction of sp³-hybridized carbons (Fsp3) is 0.476. The third-order valence-electron chi connectivity index (χ3n) is 17.2. The zero-order valence-corrected chi connectivity index (χ0v) is 50.1. The van der Waals surface area contributed by atoms with E-state index in [9.17, 15) is 34.5 Å². The van der Waals surface area contributed by atoms with E-state index in [1.807, 2.05) is 93.6 Å². The highest BCUT2D eigenvalue weighted by Gasteiger charge is 2.45. The van der Waals surface area contributed by atoms with Crippen molar-refractivity contribution < 1.29 is 38.9 Å². The highest BCUT2D eigenvalue weighted by molar-refractivity contribution is 7.13. The van der Waals surface area contributed by atoms with Crippen LogP contribution in [0.1, 0.15) is 76.0 Å². The molecular formula is C63H77ClFN11O7S. The maximum atomic E-state index is 17.4. The largest absolute Gasteiger partial charge is 0.508 e. The molecule has 4 aliphatic heterocycles. The first kappa shape index (κ1) is 60.5. The zero-order valence-electron chi connectivity index (χ0n) is 48.6. The quantitative estimate of drug-likeness (QED) is 0.0583. The molecule has 2 unspecified atom stereocenters. The molecule has 4 saturated heterocycles. The van der Waals surface area contributed by atoms with Gasteiger partial charge in [-0.25, -0.2) is 19.3 Å². The third-order valence-corrected chi connectivity index (χ3v) is 18.5. The monoisotopic (exact) mass is 1190 g/mol. The fourth-order valence-corrected chi connectivity index (χ4v) is 13.5. The van der Waals surface area contributed by atoms with Crippen molar-refractivity contribution >= 4 is 74.1 Å². The summed E-state index contributed by atoms with van der Waals surface area (Å²) in [6, 6.07) is 18.0. The molecule has 0 aliphatic carbocycles. The molecule has 84 heavy (non-hydrogen) atoms. The number of carbonyl (C=O) groups is 4. The van der Waals surface area contributed by atoms with Gasteiger partial charge < -0.3 is 45.6 Å². The molecule has 5 atom stereocenters. The highest BCUT2D eigenvalue weighted by atomic mass is 35.5. The summed E-state index contributed by atoms with van der Waals surface area (Å²) in [7, 11) is 0. The highest BCUT2D eigenvalue weighted by Crippen LogP contribution is 2.43. The minimum atomic E-state index is -0.927. The van der Waals surface area contributed by atoms with Crippen LogP contribution < -0.4 is 15.5 Å². The molecule has 2 aromatic heterocycles.